The molecule has 0 atom stereocenters. The highest BCUT2D eigenvalue weighted by molar-refractivity contribution is 9.10. The van der Waals surface area contributed by atoms with E-state index in [1.807, 2.05) is 41.8 Å². The van der Waals surface area contributed by atoms with Crippen molar-refractivity contribution in [3.8, 4) is 27.0 Å². The Bertz CT molecular complexity index is 781. The molecule has 0 bridgehead atoms. The minimum Gasteiger partial charge on any atom is -0.396 e. The molecule has 0 saturated carbocycles. The Morgan fingerprint density at radius 2 is 1.90 bits per heavy atom. The summed E-state index contributed by atoms with van der Waals surface area (Å²) in [7, 11) is 0. The molecule has 0 radical (unpaired) electrons. The first kappa shape index (κ1) is 13.4. The molecule has 0 spiro atoms. The molecule has 0 fully saturated rings. The minimum absolute atomic E-state index is 0.575. The number of nitriles is 1. The Hall–Kier alpha value is -1.61. The lowest BCUT2D eigenvalue weighted by atomic mass is 10.1. The lowest BCUT2D eigenvalue weighted by Gasteiger charge is -2.03. The lowest BCUT2D eigenvalue weighted by Crippen LogP contribution is -1.87. The summed E-state index contributed by atoms with van der Waals surface area (Å²) in [5, 5.41) is 11.2. The van der Waals surface area contributed by atoms with Gasteiger partial charge in [-0.25, -0.2) is 0 Å². The fourth-order valence-electron chi connectivity index (χ4n) is 2.00. The van der Waals surface area contributed by atoms with Crippen molar-refractivity contribution in [2.45, 2.75) is 0 Å². The van der Waals surface area contributed by atoms with Gasteiger partial charge in [0.15, 0.2) is 0 Å². The van der Waals surface area contributed by atoms with Gasteiger partial charge in [-0.2, -0.15) is 5.26 Å². The third kappa shape index (κ3) is 2.27. The number of nitrogens with zero attached hydrogens (tertiary/aromatic N) is 1. The molecule has 0 saturated heterocycles. The zero-order valence-electron chi connectivity index (χ0n) is 10.3. The highest BCUT2D eigenvalue weighted by Crippen LogP contribution is 2.46. The Kier molecular flexibility index (Phi) is 3.62. The van der Waals surface area contributed by atoms with Gasteiger partial charge in [0.05, 0.1) is 5.69 Å². The third-order valence-electron chi connectivity index (χ3n) is 2.92. The van der Waals surface area contributed by atoms with Crippen LogP contribution in [0, 0.1) is 11.3 Å². The SMILES string of the molecule is N#Cc1sc(-c2ccc(Br)cc2)c(-c2cccs2)c1N. The number of anilines is 1. The summed E-state index contributed by atoms with van der Waals surface area (Å²) in [6, 6.07) is 14.3. The summed E-state index contributed by atoms with van der Waals surface area (Å²) in [5.74, 6) is 0. The van der Waals surface area contributed by atoms with Crippen LogP contribution in [0.25, 0.3) is 20.9 Å². The number of thiophene rings is 2. The summed E-state index contributed by atoms with van der Waals surface area (Å²) in [6.45, 7) is 0. The summed E-state index contributed by atoms with van der Waals surface area (Å²) in [6.07, 6.45) is 0. The van der Waals surface area contributed by atoms with Gasteiger partial charge < -0.3 is 5.73 Å². The molecule has 98 valence electrons. The van der Waals surface area contributed by atoms with Gasteiger partial charge in [0, 0.05) is 19.8 Å². The van der Waals surface area contributed by atoms with E-state index in [-0.39, 0.29) is 0 Å². The van der Waals surface area contributed by atoms with Crippen LogP contribution in [-0.4, -0.2) is 0 Å². The van der Waals surface area contributed by atoms with Gasteiger partial charge in [-0.1, -0.05) is 34.1 Å². The monoisotopic (exact) mass is 360 g/mol. The molecule has 0 aliphatic rings. The van der Waals surface area contributed by atoms with Gasteiger partial charge in [0.25, 0.3) is 0 Å². The van der Waals surface area contributed by atoms with Crippen molar-refractivity contribution in [3.63, 3.8) is 0 Å². The maximum atomic E-state index is 9.22. The molecule has 2 nitrogen and oxygen atoms in total. The van der Waals surface area contributed by atoms with E-state index in [2.05, 4.69) is 22.0 Å². The molecule has 1 aromatic carbocycles. The molecule has 0 unspecified atom stereocenters. The number of hydrogen-bond acceptors (Lipinski definition) is 4. The molecule has 0 amide bonds. The lowest BCUT2D eigenvalue weighted by molar-refractivity contribution is 1.52. The van der Waals surface area contributed by atoms with E-state index < -0.39 is 0 Å². The normalized spacial score (nSPS) is 10.4. The fourth-order valence-corrected chi connectivity index (χ4v) is 4.15. The van der Waals surface area contributed by atoms with E-state index in [9.17, 15) is 5.26 Å². The molecule has 2 N–H and O–H groups in total. The van der Waals surface area contributed by atoms with Crippen LogP contribution >= 0.6 is 38.6 Å². The Morgan fingerprint density at radius 1 is 1.15 bits per heavy atom. The summed E-state index contributed by atoms with van der Waals surface area (Å²) in [5.41, 5.74) is 8.79. The van der Waals surface area contributed by atoms with E-state index in [4.69, 9.17) is 5.73 Å². The molecule has 3 rings (SSSR count). The Labute approximate surface area is 133 Å². The molecule has 0 aliphatic carbocycles. The zero-order chi connectivity index (χ0) is 14.1. The maximum Gasteiger partial charge on any atom is 0.129 e. The van der Waals surface area contributed by atoms with E-state index in [1.54, 1.807) is 11.3 Å². The van der Waals surface area contributed by atoms with Crippen LogP contribution in [0.3, 0.4) is 0 Å². The quantitative estimate of drug-likeness (QED) is 0.668. The number of halogens is 1. The van der Waals surface area contributed by atoms with Crippen LogP contribution in [0.4, 0.5) is 5.69 Å². The second-order valence-corrected chi connectivity index (χ2v) is 7.03. The van der Waals surface area contributed by atoms with E-state index in [1.165, 1.54) is 11.3 Å². The highest BCUT2D eigenvalue weighted by atomic mass is 79.9. The average molecular weight is 361 g/mol. The van der Waals surface area contributed by atoms with E-state index in [0.29, 0.717) is 10.6 Å². The van der Waals surface area contributed by atoms with Crippen molar-refractivity contribution in [2.75, 3.05) is 5.73 Å². The molecule has 2 aromatic heterocycles. The fraction of sp³-hybridized carbons (Fsp3) is 0. The summed E-state index contributed by atoms with van der Waals surface area (Å²) < 4.78 is 1.03. The maximum absolute atomic E-state index is 9.22. The summed E-state index contributed by atoms with van der Waals surface area (Å²) >= 11 is 6.52. The minimum atomic E-state index is 0.575. The topological polar surface area (TPSA) is 49.8 Å². The highest BCUT2D eigenvalue weighted by Gasteiger charge is 2.19. The first-order valence-electron chi connectivity index (χ1n) is 5.83. The van der Waals surface area contributed by atoms with Gasteiger partial charge >= 0.3 is 0 Å². The Morgan fingerprint density at radius 3 is 2.50 bits per heavy atom. The third-order valence-corrected chi connectivity index (χ3v) is 5.50. The molecule has 20 heavy (non-hydrogen) atoms. The van der Waals surface area contributed by atoms with Gasteiger partial charge in [-0.3, -0.25) is 0 Å². The number of nitrogen functional groups attached to an aromatic ring is 1. The van der Waals surface area contributed by atoms with Crippen molar-refractivity contribution in [2.24, 2.45) is 0 Å². The molecule has 2 heterocycles. The van der Waals surface area contributed by atoms with Crippen LogP contribution in [0.2, 0.25) is 0 Å². The Balaban J connectivity index is 2.25. The predicted octanol–water partition coefficient (Wildman–Crippen LogP) is 5.36. The van der Waals surface area contributed by atoms with Gasteiger partial charge in [0.2, 0.25) is 0 Å². The molecular weight excluding hydrogens is 352 g/mol. The van der Waals surface area contributed by atoms with Gasteiger partial charge in [-0.15, -0.1) is 22.7 Å². The standard InChI is InChI=1S/C15H9BrN2S2/c16-10-5-3-9(4-6-10)15-13(11-2-1-7-19-11)14(18)12(8-17)20-15/h1-7H,18H2. The number of nitrogens with two attached hydrogens (primary N) is 1. The van der Waals surface area contributed by atoms with E-state index >= 15 is 0 Å². The number of rotatable bonds is 2. The first-order valence-corrected chi connectivity index (χ1v) is 8.32. The van der Waals surface area contributed by atoms with E-state index in [0.717, 1.165) is 25.4 Å². The molecule has 3 aromatic rings. The largest absolute Gasteiger partial charge is 0.396 e. The van der Waals surface area contributed by atoms with Gasteiger partial charge in [-0.05, 0) is 29.1 Å². The van der Waals surface area contributed by atoms with Crippen molar-refractivity contribution < 1.29 is 0 Å². The van der Waals surface area contributed by atoms with Crippen LogP contribution < -0.4 is 5.73 Å². The van der Waals surface area contributed by atoms with Gasteiger partial charge in [0.1, 0.15) is 10.9 Å². The zero-order valence-corrected chi connectivity index (χ0v) is 13.5. The number of hydrogen-bond donors (Lipinski definition) is 1. The van der Waals surface area contributed by atoms with Crippen molar-refractivity contribution in [1.29, 1.82) is 5.26 Å². The second kappa shape index (κ2) is 5.41. The number of benzene rings is 1. The molecule has 5 heteroatoms. The average Bonchev–Trinajstić information content (AvgIpc) is 3.07. The van der Waals surface area contributed by atoms with Crippen molar-refractivity contribution in [3.05, 3.63) is 51.1 Å². The van der Waals surface area contributed by atoms with Crippen LogP contribution in [-0.2, 0) is 0 Å². The molecule has 0 aliphatic heterocycles. The van der Waals surface area contributed by atoms with Crippen molar-refractivity contribution in [1.82, 2.24) is 0 Å². The molecular formula is C15H9BrN2S2. The van der Waals surface area contributed by atoms with Crippen LogP contribution in [0.15, 0.2) is 46.3 Å². The van der Waals surface area contributed by atoms with Crippen molar-refractivity contribution >= 4 is 44.3 Å². The van der Waals surface area contributed by atoms with Crippen LogP contribution in [0.1, 0.15) is 4.88 Å². The summed E-state index contributed by atoms with van der Waals surface area (Å²) in [4.78, 5) is 2.72. The predicted molar refractivity (Wildman–Crippen MR) is 89.9 cm³/mol. The smallest absolute Gasteiger partial charge is 0.129 e. The first-order chi connectivity index (χ1) is 9.70. The van der Waals surface area contributed by atoms with Crippen LogP contribution in [0.5, 0.6) is 0 Å². The second-order valence-electron chi connectivity index (χ2n) is 4.14.